The largest absolute Gasteiger partial charge is 0.309 e. The molecule has 0 atom stereocenters. The van der Waals surface area contributed by atoms with E-state index in [9.17, 15) is 0 Å². The van der Waals surface area contributed by atoms with Crippen LogP contribution < -0.4 is 4.90 Å². The molecule has 0 aliphatic rings. The lowest BCUT2D eigenvalue weighted by Crippen LogP contribution is -2.10. The average molecular weight is 314 g/mol. The number of hydrogen-bond donors (Lipinski definition) is 0. The molecule has 0 aliphatic heterocycles. The number of anilines is 3. The van der Waals surface area contributed by atoms with Crippen molar-refractivity contribution in [1.82, 2.24) is 0 Å². The topological polar surface area (TPSA) is 3.24 Å². The minimum Gasteiger partial charge on any atom is -0.309 e. The van der Waals surface area contributed by atoms with Gasteiger partial charge in [0.1, 0.15) is 0 Å². The summed E-state index contributed by atoms with van der Waals surface area (Å²) in [6, 6.07) is 25.7. The van der Waals surface area contributed by atoms with E-state index in [1.54, 1.807) is 0 Å². The van der Waals surface area contributed by atoms with Gasteiger partial charge >= 0.3 is 0 Å². The average Bonchev–Trinajstić information content (AvgIpc) is 2.52. The predicted molar refractivity (Wildman–Crippen MR) is 91.1 cm³/mol. The van der Waals surface area contributed by atoms with Crippen molar-refractivity contribution in [3.8, 4) is 0 Å². The van der Waals surface area contributed by atoms with Crippen LogP contribution in [0.1, 0.15) is 0 Å². The Kier molecular flexibility index (Phi) is 4.14. The van der Waals surface area contributed by atoms with Gasteiger partial charge in [0.05, 0.1) is 10.7 Å². The Balaban J connectivity index is 2.16. The van der Waals surface area contributed by atoms with Crippen LogP contribution in [0, 0.1) is 0 Å². The van der Waals surface area contributed by atoms with Crippen molar-refractivity contribution >= 4 is 40.3 Å². The van der Waals surface area contributed by atoms with Crippen LogP contribution in [0.4, 0.5) is 17.1 Å². The predicted octanol–water partition coefficient (Wildman–Crippen LogP) is 6.46. The molecule has 0 bridgehead atoms. The number of para-hydroxylation sites is 2. The van der Waals surface area contributed by atoms with Gasteiger partial charge in [-0.3, -0.25) is 0 Å². The van der Waals surface area contributed by atoms with Gasteiger partial charge < -0.3 is 4.90 Å². The second-order valence-electron chi connectivity index (χ2n) is 4.60. The van der Waals surface area contributed by atoms with Crippen molar-refractivity contribution in [3.05, 3.63) is 88.9 Å². The van der Waals surface area contributed by atoms with E-state index in [2.05, 4.69) is 17.0 Å². The third kappa shape index (κ3) is 3.05. The van der Waals surface area contributed by atoms with Crippen molar-refractivity contribution < 1.29 is 0 Å². The summed E-state index contributed by atoms with van der Waals surface area (Å²) in [5.74, 6) is 0. The zero-order chi connectivity index (χ0) is 14.7. The van der Waals surface area contributed by atoms with Crippen molar-refractivity contribution in [3.63, 3.8) is 0 Å². The summed E-state index contributed by atoms with van der Waals surface area (Å²) < 4.78 is 0. The molecule has 0 N–H and O–H groups in total. The summed E-state index contributed by atoms with van der Waals surface area (Å²) in [5.41, 5.74) is 3.00. The SMILES string of the molecule is Clc1ccc(N(c2ccccc2)c2ccccc2Cl)cc1. The van der Waals surface area contributed by atoms with E-state index >= 15 is 0 Å². The van der Waals surface area contributed by atoms with Gasteiger partial charge in [-0.25, -0.2) is 0 Å². The molecule has 0 heterocycles. The highest BCUT2D eigenvalue weighted by Gasteiger charge is 2.14. The number of rotatable bonds is 3. The lowest BCUT2D eigenvalue weighted by Gasteiger charge is -2.26. The summed E-state index contributed by atoms with van der Waals surface area (Å²) in [4.78, 5) is 2.11. The maximum atomic E-state index is 6.38. The van der Waals surface area contributed by atoms with Crippen molar-refractivity contribution in [2.75, 3.05) is 4.90 Å². The summed E-state index contributed by atoms with van der Waals surface area (Å²) in [6.07, 6.45) is 0. The van der Waals surface area contributed by atoms with E-state index in [0.29, 0.717) is 10.0 Å². The number of halogens is 2. The van der Waals surface area contributed by atoms with E-state index < -0.39 is 0 Å². The summed E-state index contributed by atoms with van der Waals surface area (Å²) in [7, 11) is 0. The highest BCUT2D eigenvalue weighted by Crippen LogP contribution is 2.38. The van der Waals surface area contributed by atoms with Crippen LogP contribution in [0.15, 0.2) is 78.9 Å². The molecule has 0 fully saturated rings. The molecule has 0 spiro atoms. The first-order chi connectivity index (χ1) is 10.3. The van der Waals surface area contributed by atoms with Crippen LogP contribution in [-0.4, -0.2) is 0 Å². The van der Waals surface area contributed by atoms with Gasteiger partial charge in [0.2, 0.25) is 0 Å². The third-order valence-corrected chi connectivity index (χ3v) is 3.76. The molecule has 3 heteroatoms. The quantitative estimate of drug-likeness (QED) is 0.536. The van der Waals surface area contributed by atoms with Gasteiger partial charge in [-0.15, -0.1) is 0 Å². The number of nitrogens with zero attached hydrogens (tertiary/aromatic N) is 1. The van der Waals surface area contributed by atoms with E-state index in [-0.39, 0.29) is 0 Å². The molecule has 0 saturated carbocycles. The first kappa shape index (κ1) is 14.0. The van der Waals surface area contributed by atoms with Gasteiger partial charge in [-0.2, -0.15) is 0 Å². The smallest absolute Gasteiger partial charge is 0.0647 e. The van der Waals surface area contributed by atoms with E-state index in [1.807, 2.05) is 66.7 Å². The first-order valence-electron chi connectivity index (χ1n) is 6.61. The van der Waals surface area contributed by atoms with Crippen LogP contribution in [0.25, 0.3) is 0 Å². The summed E-state index contributed by atoms with van der Waals surface area (Å²) in [5, 5.41) is 1.42. The van der Waals surface area contributed by atoms with Gasteiger partial charge in [0, 0.05) is 16.4 Å². The fourth-order valence-corrected chi connectivity index (χ4v) is 2.57. The molecule has 0 radical (unpaired) electrons. The van der Waals surface area contributed by atoms with Gasteiger partial charge in [0.15, 0.2) is 0 Å². The molecular weight excluding hydrogens is 301 g/mol. The molecular formula is C18H13Cl2N. The lowest BCUT2D eigenvalue weighted by atomic mass is 10.2. The molecule has 0 unspecified atom stereocenters. The normalized spacial score (nSPS) is 10.4. The molecule has 104 valence electrons. The Bertz CT molecular complexity index is 724. The van der Waals surface area contributed by atoms with Crippen molar-refractivity contribution in [2.45, 2.75) is 0 Å². The monoisotopic (exact) mass is 313 g/mol. The zero-order valence-corrected chi connectivity index (χ0v) is 12.7. The Morgan fingerprint density at radius 1 is 0.571 bits per heavy atom. The second-order valence-corrected chi connectivity index (χ2v) is 5.44. The highest BCUT2D eigenvalue weighted by atomic mass is 35.5. The Morgan fingerprint density at radius 2 is 1.14 bits per heavy atom. The highest BCUT2D eigenvalue weighted by molar-refractivity contribution is 6.33. The molecule has 1 nitrogen and oxygen atoms in total. The fraction of sp³-hybridized carbons (Fsp3) is 0. The number of hydrogen-bond acceptors (Lipinski definition) is 1. The molecule has 0 aromatic heterocycles. The van der Waals surface area contributed by atoms with Crippen LogP contribution in [0.2, 0.25) is 10.0 Å². The van der Waals surface area contributed by atoms with Gasteiger partial charge in [0.25, 0.3) is 0 Å². The summed E-state index contributed by atoms with van der Waals surface area (Å²) in [6.45, 7) is 0. The second kappa shape index (κ2) is 6.21. The van der Waals surface area contributed by atoms with Crippen molar-refractivity contribution in [1.29, 1.82) is 0 Å². The van der Waals surface area contributed by atoms with Crippen LogP contribution in [-0.2, 0) is 0 Å². The minimum absolute atomic E-state index is 0.705. The van der Waals surface area contributed by atoms with E-state index in [0.717, 1.165) is 17.1 Å². The van der Waals surface area contributed by atoms with Gasteiger partial charge in [-0.1, -0.05) is 53.5 Å². The molecule has 0 saturated heterocycles. The van der Waals surface area contributed by atoms with E-state index in [1.165, 1.54) is 0 Å². The fourth-order valence-electron chi connectivity index (χ4n) is 2.23. The molecule has 0 aliphatic carbocycles. The lowest BCUT2D eigenvalue weighted by molar-refractivity contribution is 1.28. The maximum Gasteiger partial charge on any atom is 0.0647 e. The molecule has 21 heavy (non-hydrogen) atoms. The van der Waals surface area contributed by atoms with Crippen molar-refractivity contribution in [2.24, 2.45) is 0 Å². The Hall–Kier alpha value is -1.96. The third-order valence-electron chi connectivity index (χ3n) is 3.19. The Morgan fingerprint density at radius 3 is 1.81 bits per heavy atom. The standard InChI is InChI=1S/C18H13Cl2N/c19-14-10-12-16(13-11-14)21(15-6-2-1-3-7-15)18-9-5-4-8-17(18)20/h1-13H. The van der Waals surface area contributed by atoms with Gasteiger partial charge in [-0.05, 0) is 48.5 Å². The first-order valence-corrected chi connectivity index (χ1v) is 7.36. The number of benzene rings is 3. The van der Waals surface area contributed by atoms with Crippen LogP contribution >= 0.6 is 23.2 Å². The zero-order valence-electron chi connectivity index (χ0n) is 11.2. The molecule has 3 aromatic rings. The van der Waals surface area contributed by atoms with Crippen LogP contribution in [0.5, 0.6) is 0 Å². The molecule has 3 aromatic carbocycles. The minimum atomic E-state index is 0.705. The maximum absolute atomic E-state index is 6.38. The molecule has 3 rings (SSSR count). The van der Waals surface area contributed by atoms with E-state index in [4.69, 9.17) is 23.2 Å². The Labute approximate surface area is 134 Å². The summed E-state index contributed by atoms with van der Waals surface area (Å²) >= 11 is 12.4. The molecule has 0 amide bonds. The van der Waals surface area contributed by atoms with Crippen LogP contribution in [0.3, 0.4) is 0 Å².